The molecule has 1 heterocycles. The summed E-state index contributed by atoms with van der Waals surface area (Å²) in [5.74, 6) is 0.0668. The lowest BCUT2D eigenvalue weighted by Crippen LogP contribution is -2.48. The van der Waals surface area contributed by atoms with E-state index in [1.165, 1.54) is 0 Å². The van der Waals surface area contributed by atoms with Gasteiger partial charge in [-0.2, -0.15) is 0 Å². The van der Waals surface area contributed by atoms with Gasteiger partial charge in [-0.3, -0.25) is 4.79 Å². The molecule has 120 valence electrons. The fraction of sp³-hybridized carbons (Fsp3) is 0.500. The van der Waals surface area contributed by atoms with Crippen molar-refractivity contribution in [3.05, 3.63) is 30.3 Å². The van der Waals surface area contributed by atoms with Gasteiger partial charge < -0.3 is 20.2 Å². The first-order valence-corrected chi connectivity index (χ1v) is 7.62. The number of piperidine rings is 1. The van der Waals surface area contributed by atoms with Crippen LogP contribution in [-0.4, -0.2) is 54.2 Å². The van der Waals surface area contributed by atoms with Gasteiger partial charge in [0.25, 0.3) is 0 Å². The normalized spacial score (nSPS) is 16.2. The molecule has 0 saturated carbocycles. The van der Waals surface area contributed by atoms with Crippen LogP contribution in [0, 0.1) is 0 Å². The van der Waals surface area contributed by atoms with Crippen LogP contribution in [0.2, 0.25) is 0 Å². The molecule has 22 heavy (non-hydrogen) atoms. The molecule has 0 aromatic heterocycles. The SMILES string of the molecule is CC(=O)N(c1ccccc1)C1CCN(CCNC(=O)O)CC1. The number of carboxylic acid groups (broad SMARTS) is 1. The van der Waals surface area contributed by atoms with Crippen LogP contribution in [0.1, 0.15) is 19.8 Å². The van der Waals surface area contributed by atoms with Gasteiger partial charge in [0.1, 0.15) is 0 Å². The summed E-state index contributed by atoms with van der Waals surface area (Å²) < 4.78 is 0. The lowest BCUT2D eigenvalue weighted by Gasteiger charge is -2.38. The Labute approximate surface area is 130 Å². The summed E-state index contributed by atoms with van der Waals surface area (Å²) in [6.07, 6.45) is 0.824. The van der Waals surface area contributed by atoms with E-state index in [2.05, 4.69) is 10.2 Å². The smallest absolute Gasteiger partial charge is 0.404 e. The Morgan fingerprint density at radius 2 is 1.91 bits per heavy atom. The molecule has 6 heteroatoms. The van der Waals surface area contributed by atoms with Crippen molar-refractivity contribution in [1.29, 1.82) is 0 Å². The number of rotatable bonds is 5. The molecule has 2 rings (SSSR count). The molecule has 1 aliphatic heterocycles. The number of amides is 2. The molecule has 2 N–H and O–H groups in total. The van der Waals surface area contributed by atoms with Crippen molar-refractivity contribution in [3.63, 3.8) is 0 Å². The maximum Gasteiger partial charge on any atom is 0.404 e. The summed E-state index contributed by atoms with van der Waals surface area (Å²) in [5.41, 5.74) is 0.945. The molecule has 1 fully saturated rings. The highest BCUT2D eigenvalue weighted by atomic mass is 16.4. The molecule has 1 aromatic rings. The maximum absolute atomic E-state index is 12.0. The van der Waals surface area contributed by atoms with Gasteiger partial charge in [-0.05, 0) is 25.0 Å². The number of likely N-dealkylation sites (tertiary alicyclic amines) is 1. The lowest BCUT2D eigenvalue weighted by molar-refractivity contribution is -0.117. The highest BCUT2D eigenvalue weighted by Gasteiger charge is 2.27. The standard InChI is InChI=1S/C16H23N3O3/c1-13(20)19(14-5-3-2-4-6-14)15-7-10-18(11-8-15)12-9-17-16(21)22/h2-6,15,17H,7-12H2,1H3,(H,21,22). The molecule has 0 atom stereocenters. The maximum atomic E-state index is 12.0. The topological polar surface area (TPSA) is 72.9 Å². The van der Waals surface area contributed by atoms with Crippen molar-refractivity contribution >= 4 is 17.7 Å². The third-order valence-corrected chi connectivity index (χ3v) is 4.00. The van der Waals surface area contributed by atoms with E-state index in [1.807, 2.05) is 35.2 Å². The van der Waals surface area contributed by atoms with Crippen molar-refractivity contribution in [2.75, 3.05) is 31.1 Å². The molecule has 1 saturated heterocycles. The Morgan fingerprint density at radius 1 is 1.27 bits per heavy atom. The Kier molecular flexibility index (Phi) is 5.77. The minimum atomic E-state index is -0.985. The van der Waals surface area contributed by atoms with Gasteiger partial charge in [-0.25, -0.2) is 4.79 Å². The molecule has 1 aromatic carbocycles. The number of nitrogens with zero attached hydrogens (tertiary/aromatic N) is 2. The quantitative estimate of drug-likeness (QED) is 0.869. The van der Waals surface area contributed by atoms with E-state index < -0.39 is 6.09 Å². The first kappa shape index (κ1) is 16.3. The predicted molar refractivity (Wildman–Crippen MR) is 85.1 cm³/mol. The van der Waals surface area contributed by atoms with Crippen LogP contribution in [0.25, 0.3) is 0 Å². The van der Waals surface area contributed by atoms with E-state index in [0.29, 0.717) is 13.1 Å². The number of hydrogen-bond donors (Lipinski definition) is 2. The summed E-state index contributed by atoms with van der Waals surface area (Å²) in [5, 5.41) is 11.0. The van der Waals surface area contributed by atoms with Crippen LogP contribution < -0.4 is 10.2 Å². The Hall–Kier alpha value is -2.08. The van der Waals surface area contributed by atoms with E-state index >= 15 is 0 Å². The van der Waals surface area contributed by atoms with Gasteiger partial charge in [0.05, 0.1) is 0 Å². The van der Waals surface area contributed by atoms with Crippen molar-refractivity contribution in [3.8, 4) is 0 Å². The average molecular weight is 305 g/mol. The molecule has 0 spiro atoms. The molecule has 6 nitrogen and oxygen atoms in total. The van der Waals surface area contributed by atoms with E-state index in [9.17, 15) is 9.59 Å². The van der Waals surface area contributed by atoms with Crippen molar-refractivity contribution in [1.82, 2.24) is 10.2 Å². The molecule has 0 aliphatic carbocycles. The summed E-state index contributed by atoms with van der Waals surface area (Å²) in [4.78, 5) is 26.6. The number of benzene rings is 1. The van der Waals surface area contributed by atoms with Gasteiger partial charge in [-0.1, -0.05) is 18.2 Å². The third kappa shape index (κ3) is 4.46. The minimum Gasteiger partial charge on any atom is -0.465 e. The number of anilines is 1. The van der Waals surface area contributed by atoms with Gasteiger partial charge in [-0.15, -0.1) is 0 Å². The molecule has 2 amide bonds. The summed E-state index contributed by atoms with van der Waals surface area (Å²) in [6, 6.07) is 9.97. The van der Waals surface area contributed by atoms with Crippen LogP contribution in [-0.2, 0) is 4.79 Å². The fourth-order valence-electron chi connectivity index (χ4n) is 2.96. The molecule has 0 radical (unpaired) electrons. The number of carbonyl (C=O) groups is 2. The van der Waals surface area contributed by atoms with Crippen LogP contribution in [0.4, 0.5) is 10.5 Å². The number of para-hydroxylation sites is 1. The number of hydrogen-bond acceptors (Lipinski definition) is 3. The first-order valence-electron chi connectivity index (χ1n) is 7.62. The van der Waals surface area contributed by atoms with Gasteiger partial charge in [0.2, 0.25) is 5.91 Å². The summed E-state index contributed by atoms with van der Waals surface area (Å²) in [6.45, 7) is 4.51. The molecule has 1 aliphatic rings. The van der Waals surface area contributed by atoms with Crippen molar-refractivity contribution < 1.29 is 14.7 Å². The zero-order valence-electron chi connectivity index (χ0n) is 12.9. The van der Waals surface area contributed by atoms with Crippen LogP contribution >= 0.6 is 0 Å². The third-order valence-electron chi connectivity index (χ3n) is 4.00. The van der Waals surface area contributed by atoms with Gasteiger partial charge in [0.15, 0.2) is 0 Å². The highest BCUT2D eigenvalue weighted by molar-refractivity contribution is 5.92. The molecular weight excluding hydrogens is 282 g/mol. The second-order valence-corrected chi connectivity index (χ2v) is 5.53. The van der Waals surface area contributed by atoms with Gasteiger partial charge in [0, 0.05) is 44.8 Å². The molecular formula is C16H23N3O3. The Balaban J connectivity index is 1.89. The highest BCUT2D eigenvalue weighted by Crippen LogP contribution is 2.23. The summed E-state index contributed by atoms with van der Waals surface area (Å²) in [7, 11) is 0. The van der Waals surface area contributed by atoms with E-state index in [4.69, 9.17) is 5.11 Å². The van der Waals surface area contributed by atoms with Crippen LogP contribution in [0.3, 0.4) is 0 Å². The fourth-order valence-corrected chi connectivity index (χ4v) is 2.96. The zero-order chi connectivity index (χ0) is 15.9. The first-order chi connectivity index (χ1) is 10.6. The van der Waals surface area contributed by atoms with E-state index in [0.717, 1.165) is 31.6 Å². The number of nitrogens with one attached hydrogen (secondary N) is 1. The summed E-state index contributed by atoms with van der Waals surface area (Å²) >= 11 is 0. The van der Waals surface area contributed by atoms with Crippen molar-refractivity contribution in [2.24, 2.45) is 0 Å². The molecule has 0 unspecified atom stereocenters. The van der Waals surface area contributed by atoms with Crippen LogP contribution in [0.15, 0.2) is 30.3 Å². The second kappa shape index (κ2) is 7.79. The predicted octanol–water partition coefficient (Wildman–Crippen LogP) is 1.77. The number of carbonyl (C=O) groups excluding carboxylic acids is 1. The minimum absolute atomic E-state index is 0.0668. The van der Waals surface area contributed by atoms with Crippen LogP contribution in [0.5, 0.6) is 0 Å². The Morgan fingerprint density at radius 3 is 2.45 bits per heavy atom. The second-order valence-electron chi connectivity index (χ2n) is 5.53. The van der Waals surface area contributed by atoms with Gasteiger partial charge >= 0.3 is 6.09 Å². The largest absolute Gasteiger partial charge is 0.465 e. The average Bonchev–Trinajstić information content (AvgIpc) is 2.49. The lowest BCUT2D eigenvalue weighted by atomic mass is 10.0. The monoisotopic (exact) mass is 305 g/mol. The van der Waals surface area contributed by atoms with E-state index in [1.54, 1.807) is 6.92 Å². The van der Waals surface area contributed by atoms with Crippen molar-refractivity contribution in [2.45, 2.75) is 25.8 Å². The Bertz CT molecular complexity index is 499. The van der Waals surface area contributed by atoms with E-state index in [-0.39, 0.29) is 11.9 Å². The molecule has 0 bridgehead atoms. The zero-order valence-corrected chi connectivity index (χ0v) is 12.9.